The van der Waals surface area contributed by atoms with Gasteiger partial charge in [-0.15, -0.1) is 0 Å². The number of piperazine rings is 1. The van der Waals surface area contributed by atoms with Gasteiger partial charge in [-0.05, 0) is 25.0 Å². The van der Waals surface area contributed by atoms with Crippen LogP contribution in [0.2, 0.25) is 0 Å². The molecule has 1 saturated heterocycles. The molecule has 0 aromatic carbocycles. The Morgan fingerprint density at radius 1 is 1.44 bits per heavy atom. The second-order valence-electron chi connectivity index (χ2n) is 4.89. The van der Waals surface area contributed by atoms with Crippen molar-refractivity contribution in [3.05, 3.63) is 24.1 Å². The van der Waals surface area contributed by atoms with E-state index < -0.39 is 6.09 Å². The van der Waals surface area contributed by atoms with Crippen LogP contribution in [0, 0.1) is 5.82 Å². The molecule has 1 N–H and O–H groups in total. The molecule has 2 fully saturated rings. The molecule has 0 bridgehead atoms. The number of hydrogen-bond acceptors (Lipinski definition) is 3. The van der Waals surface area contributed by atoms with Crippen LogP contribution in [0.15, 0.2) is 18.3 Å². The summed E-state index contributed by atoms with van der Waals surface area (Å²) in [6, 6.07) is 2.95. The van der Waals surface area contributed by atoms with E-state index in [0.717, 1.165) is 12.8 Å². The number of carbonyl (C=O) groups is 1. The molecule has 1 saturated carbocycles. The highest BCUT2D eigenvalue weighted by atomic mass is 19.1. The Morgan fingerprint density at radius 2 is 2.22 bits per heavy atom. The van der Waals surface area contributed by atoms with Gasteiger partial charge >= 0.3 is 6.09 Å². The van der Waals surface area contributed by atoms with Crippen molar-refractivity contribution >= 4 is 11.9 Å². The van der Waals surface area contributed by atoms with E-state index in [-0.39, 0.29) is 11.4 Å². The van der Waals surface area contributed by atoms with Crippen LogP contribution in [0.3, 0.4) is 0 Å². The third kappa shape index (κ3) is 1.68. The van der Waals surface area contributed by atoms with Gasteiger partial charge in [0, 0.05) is 25.8 Å². The van der Waals surface area contributed by atoms with Crippen LogP contribution in [0.1, 0.15) is 12.8 Å². The number of nitrogens with zero attached hydrogens (tertiary/aromatic N) is 3. The number of halogens is 1. The molecule has 0 unspecified atom stereocenters. The molecule has 2 heterocycles. The monoisotopic (exact) mass is 251 g/mol. The third-order valence-corrected chi connectivity index (χ3v) is 3.74. The SMILES string of the molecule is O=C(O)N1CCN(c2ncccc2F)C2(CC2)C1. The van der Waals surface area contributed by atoms with Crippen molar-refractivity contribution < 1.29 is 14.3 Å². The van der Waals surface area contributed by atoms with Crippen molar-refractivity contribution in [2.24, 2.45) is 0 Å². The van der Waals surface area contributed by atoms with Crippen LogP contribution in [0.25, 0.3) is 0 Å². The molecule has 1 amide bonds. The van der Waals surface area contributed by atoms with Crippen LogP contribution in [-0.4, -0.2) is 46.3 Å². The second-order valence-corrected chi connectivity index (χ2v) is 4.89. The Morgan fingerprint density at radius 3 is 2.83 bits per heavy atom. The van der Waals surface area contributed by atoms with E-state index in [0.29, 0.717) is 25.5 Å². The minimum absolute atomic E-state index is 0.230. The lowest BCUT2D eigenvalue weighted by Crippen LogP contribution is -2.56. The molecule has 3 rings (SSSR count). The fourth-order valence-corrected chi connectivity index (χ4v) is 2.62. The topological polar surface area (TPSA) is 56.7 Å². The number of rotatable bonds is 1. The minimum Gasteiger partial charge on any atom is -0.465 e. The van der Waals surface area contributed by atoms with Gasteiger partial charge in [0.1, 0.15) is 0 Å². The molecule has 1 aromatic heterocycles. The largest absolute Gasteiger partial charge is 0.465 e. The zero-order valence-corrected chi connectivity index (χ0v) is 9.84. The number of anilines is 1. The zero-order chi connectivity index (χ0) is 12.8. The van der Waals surface area contributed by atoms with Gasteiger partial charge in [0.05, 0.1) is 5.54 Å². The Bertz CT molecular complexity index is 490. The van der Waals surface area contributed by atoms with Crippen LogP contribution in [0.5, 0.6) is 0 Å². The molecule has 0 atom stereocenters. The van der Waals surface area contributed by atoms with Crippen molar-refractivity contribution in [1.29, 1.82) is 0 Å². The summed E-state index contributed by atoms with van der Waals surface area (Å²) in [5.74, 6) is 0.00703. The summed E-state index contributed by atoms with van der Waals surface area (Å²) in [5.41, 5.74) is -0.230. The molecule has 2 aliphatic rings. The van der Waals surface area contributed by atoms with Crippen LogP contribution < -0.4 is 4.90 Å². The van der Waals surface area contributed by atoms with Crippen molar-refractivity contribution in [3.63, 3.8) is 0 Å². The number of pyridine rings is 1. The van der Waals surface area contributed by atoms with Gasteiger partial charge in [-0.25, -0.2) is 14.2 Å². The van der Waals surface area contributed by atoms with E-state index in [1.54, 1.807) is 12.3 Å². The Kier molecular flexibility index (Phi) is 2.39. The summed E-state index contributed by atoms with van der Waals surface area (Å²) >= 11 is 0. The Labute approximate surface area is 104 Å². The summed E-state index contributed by atoms with van der Waals surface area (Å²) < 4.78 is 13.8. The van der Waals surface area contributed by atoms with E-state index in [1.807, 2.05) is 4.90 Å². The summed E-state index contributed by atoms with van der Waals surface area (Å²) in [5, 5.41) is 9.03. The molecule has 96 valence electrons. The van der Waals surface area contributed by atoms with E-state index in [2.05, 4.69) is 4.98 Å². The third-order valence-electron chi connectivity index (χ3n) is 3.74. The number of hydrogen-bond donors (Lipinski definition) is 1. The summed E-state index contributed by atoms with van der Waals surface area (Å²) in [6.07, 6.45) is 2.46. The van der Waals surface area contributed by atoms with Gasteiger partial charge < -0.3 is 14.9 Å². The van der Waals surface area contributed by atoms with Crippen molar-refractivity contribution in [3.8, 4) is 0 Å². The maximum Gasteiger partial charge on any atom is 0.407 e. The van der Waals surface area contributed by atoms with Crippen molar-refractivity contribution in [1.82, 2.24) is 9.88 Å². The predicted octanol–water partition coefficient (Wildman–Crippen LogP) is 1.55. The molecule has 1 aliphatic carbocycles. The highest BCUT2D eigenvalue weighted by Crippen LogP contribution is 2.46. The first-order valence-corrected chi connectivity index (χ1v) is 5.98. The van der Waals surface area contributed by atoms with Crippen LogP contribution in [-0.2, 0) is 0 Å². The first kappa shape index (κ1) is 11.3. The molecular weight excluding hydrogens is 237 g/mol. The highest BCUT2D eigenvalue weighted by Gasteiger charge is 2.53. The molecule has 1 spiro atoms. The number of aromatic nitrogens is 1. The molecule has 18 heavy (non-hydrogen) atoms. The highest BCUT2D eigenvalue weighted by molar-refractivity contribution is 5.66. The van der Waals surface area contributed by atoms with Gasteiger partial charge in [-0.2, -0.15) is 0 Å². The smallest absolute Gasteiger partial charge is 0.407 e. The summed E-state index contributed by atoms with van der Waals surface area (Å²) in [7, 11) is 0. The maximum atomic E-state index is 13.8. The van der Waals surface area contributed by atoms with E-state index in [1.165, 1.54) is 11.0 Å². The van der Waals surface area contributed by atoms with E-state index >= 15 is 0 Å². The summed E-state index contributed by atoms with van der Waals surface area (Å²) in [4.78, 5) is 18.4. The normalized spacial score (nSPS) is 21.2. The lowest BCUT2D eigenvalue weighted by molar-refractivity contribution is 0.132. The molecule has 5 nitrogen and oxygen atoms in total. The summed E-state index contributed by atoms with van der Waals surface area (Å²) in [6.45, 7) is 1.34. The Hall–Kier alpha value is -1.85. The first-order valence-electron chi connectivity index (χ1n) is 5.98. The molecule has 6 heteroatoms. The van der Waals surface area contributed by atoms with Crippen LogP contribution >= 0.6 is 0 Å². The van der Waals surface area contributed by atoms with Gasteiger partial charge in [-0.1, -0.05) is 0 Å². The fourth-order valence-electron chi connectivity index (χ4n) is 2.62. The predicted molar refractivity (Wildman–Crippen MR) is 63.1 cm³/mol. The van der Waals surface area contributed by atoms with E-state index in [4.69, 9.17) is 5.11 Å². The number of amides is 1. The Balaban J connectivity index is 1.87. The zero-order valence-electron chi connectivity index (χ0n) is 9.84. The second kappa shape index (κ2) is 3.83. The van der Waals surface area contributed by atoms with Gasteiger partial charge in [0.2, 0.25) is 0 Å². The average Bonchev–Trinajstić information content (AvgIpc) is 3.10. The molecule has 1 aromatic rings. The molecule has 0 radical (unpaired) electrons. The molecule has 1 aliphatic heterocycles. The quantitative estimate of drug-likeness (QED) is 0.822. The maximum absolute atomic E-state index is 13.8. The van der Waals surface area contributed by atoms with Crippen molar-refractivity contribution in [2.75, 3.05) is 24.5 Å². The first-order chi connectivity index (χ1) is 8.62. The van der Waals surface area contributed by atoms with Crippen molar-refractivity contribution in [2.45, 2.75) is 18.4 Å². The van der Waals surface area contributed by atoms with Gasteiger partial charge in [0.15, 0.2) is 11.6 Å². The standard InChI is InChI=1S/C12H14FN3O2/c13-9-2-1-5-14-10(9)16-7-6-15(11(17)18)8-12(16)3-4-12/h1-2,5H,3-4,6-8H2,(H,17,18). The van der Waals surface area contributed by atoms with Gasteiger partial charge in [-0.3, -0.25) is 0 Å². The van der Waals surface area contributed by atoms with E-state index in [9.17, 15) is 9.18 Å². The van der Waals surface area contributed by atoms with Gasteiger partial charge in [0.25, 0.3) is 0 Å². The van der Waals surface area contributed by atoms with Crippen LogP contribution in [0.4, 0.5) is 15.0 Å². The fraction of sp³-hybridized carbons (Fsp3) is 0.500. The lowest BCUT2D eigenvalue weighted by Gasteiger charge is -2.41. The lowest BCUT2D eigenvalue weighted by atomic mass is 10.1. The number of carboxylic acid groups (broad SMARTS) is 1. The molecular formula is C12H14FN3O2. The minimum atomic E-state index is -0.901. The average molecular weight is 251 g/mol.